The van der Waals surface area contributed by atoms with Crippen molar-refractivity contribution in [2.24, 2.45) is 0 Å². The number of nitrogens with zero attached hydrogens (tertiary/aromatic N) is 2. The summed E-state index contributed by atoms with van der Waals surface area (Å²) >= 11 is 1.19. The lowest BCUT2D eigenvalue weighted by molar-refractivity contribution is -0.118. The zero-order chi connectivity index (χ0) is 20.9. The molecule has 0 aliphatic carbocycles. The lowest BCUT2D eigenvalue weighted by Crippen LogP contribution is -2.20. The van der Waals surface area contributed by atoms with Gasteiger partial charge in [0.05, 0.1) is 4.90 Å². The molecule has 10 heteroatoms. The number of hydrogen-bond acceptors (Lipinski definition) is 7. The molecule has 3 aromatic rings. The van der Waals surface area contributed by atoms with Crippen LogP contribution in [0.3, 0.4) is 0 Å². The number of anilines is 2. The maximum absolute atomic E-state index is 12.4. The van der Waals surface area contributed by atoms with Gasteiger partial charge in [-0.25, -0.2) is 8.42 Å². The second-order valence-electron chi connectivity index (χ2n) is 6.13. The Bertz CT molecular complexity index is 1080. The topological polar surface area (TPSA) is 110 Å². The molecule has 2 N–H and O–H groups in total. The number of aromatic nitrogens is 2. The predicted molar refractivity (Wildman–Crippen MR) is 112 cm³/mol. The molecule has 152 valence electrons. The molecule has 0 bridgehead atoms. The first-order chi connectivity index (χ1) is 13.9. The number of sulfonamides is 1. The van der Waals surface area contributed by atoms with Gasteiger partial charge in [0.2, 0.25) is 5.13 Å². The molecule has 0 atom stereocenters. The van der Waals surface area contributed by atoms with Crippen molar-refractivity contribution in [1.82, 2.24) is 10.2 Å². The van der Waals surface area contributed by atoms with E-state index in [1.54, 1.807) is 12.1 Å². The third-order valence-corrected chi connectivity index (χ3v) is 6.30. The molecule has 1 aromatic heterocycles. The molecule has 0 aliphatic heterocycles. The van der Waals surface area contributed by atoms with Gasteiger partial charge in [0.25, 0.3) is 15.9 Å². The Morgan fingerprint density at radius 1 is 1.07 bits per heavy atom. The summed E-state index contributed by atoms with van der Waals surface area (Å²) in [6.45, 7) is 3.73. The molecule has 0 aliphatic rings. The molecular formula is C19H20N4O4S2. The third-order valence-electron chi connectivity index (χ3n) is 3.83. The van der Waals surface area contributed by atoms with E-state index < -0.39 is 10.0 Å². The third kappa shape index (κ3) is 5.75. The summed E-state index contributed by atoms with van der Waals surface area (Å²) < 4.78 is 32.7. The molecule has 0 spiro atoms. The minimum Gasteiger partial charge on any atom is -0.484 e. The summed E-state index contributed by atoms with van der Waals surface area (Å²) in [5.74, 6) is 0.251. The van der Waals surface area contributed by atoms with Gasteiger partial charge in [-0.05, 0) is 49.7 Å². The highest BCUT2D eigenvalue weighted by Gasteiger charge is 2.17. The summed E-state index contributed by atoms with van der Waals surface area (Å²) in [4.78, 5) is 12.1. The first-order valence-corrected chi connectivity index (χ1v) is 11.1. The van der Waals surface area contributed by atoms with Crippen molar-refractivity contribution in [2.75, 3.05) is 16.6 Å². The minimum atomic E-state index is -3.78. The fourth-order valence-corrected chi connectivity index (χ4v) is 4.22. The van der Waals surface area contributed by atoms with Crippen LogP contribution in [-0.4, -0.2) is 31.1 Å². The quantitative estimate of drug-likeness (QED) is 0.565. The first kappa shape index (κ1) is 20.7. The van der Waals surface area contributed by atoms with Gasteiger partial charge in [-0.2, -0.15) is 0 Å². The monoisotopic (exact) mass is 432 g/mol. The molecule has 3 rings (SSSR count). The van der Waals surface area contributed by atoms with E-state index in [0.29, 0.717) is 17.9 Å². The average molecular weight is 433 g/mol. The van der Waals surface area contributed by atoms with E-state index in [2.05, 4.69) is 20.2 Å². The zero-order valence-corrected chi connectivity index (χ0v) is 17.5. The Kier molecular flexibility index (Phi) is 6.45. The van der Waals surface area contributed by atoms with Crippen molar-refractivity contribution < 1.29 is 17.9 Å². The number of ether oxygens (including phenoxy) is 1. The van der Waals surface area contributed by atoms with Gasteiger partial charge in [-0.1, -0.05) is 36.0 Å². The smallest absolute Gasteiger partial charge is 0.263 e. The highest BCUT2D eigenvalue weighted by atomic mass is 32.2. The highest BCUT2D eigenvalue weighted by Crippen LogP contribution is 2.21. The average Bonchev–Trinajstić information content (AvgIpc) is 3.15. The number of benzene rings is 2. The van der Waals surface area contributed by atoms with E-state index in [1.165, 1.54) is 35.6 Å². The Hall–Kier alpha value is -2.98. The molecule has 0 saturated heterocycles. The van der Waals surface area contributed by atoms with Crippen LogP contribution in [0.5, 0.6) is 5.75 Å². The van der Waals surface area contributed by atoms with Crippen molar-refractivity contribution in [3.8, 4) is 5.75 Å². The van der Waals surface area contributed by atoms with Gasteiger partial charge in [0, 0.05) is 5.69 Å². The van der Waals surface area contributed by atoms with Crippen molar-refractivity contribution in [3.05, 3.63) is 59.1 Å². The number of carbonyl (C=O) groups is 1. The van der Waals surface area contributed by atoms with Crippen molar-refractivity contribution in [2.45, 2.75) is 25.2 Å². The van der Waals surface area contributed by atoms with Gasteiger partial charge >= 0.3 is 0 Å². The van der Waals surface area contributed by atoms with Crippen LogP contribution >= 0.6 is 11.3 Å². The van der Waals surface area contributed by atoms with Crippen LogP contribution in [0.4, 0.5) is 10.8 Å². The maximum atomic E-state index is 12.4. The number of hydrogen-bond donors (Lipinski definition) is 2. The second-order valence-corrected chi connectivity index (χ2v) is 8.88. The predicted octanol–water partition coefficient (Wildman–Crippen LogP) is 3.23. The Balaban J connectivity index is 1.57. The molecule has 0 saturated carbocycles. The number of rotatable bonds is 8. The SMILES string of the molecule is CCc1nnc(NS(=O)(=O)c2ccc(NC(=O)COc3ccc(C)cc3)cc2)s1. The summed E-state index contributed by atoms with van der Waals surface area (Å²) in [7, 11) is -3.78. The lowest BCUT2D eigenvalue weighted by atomic mass is 10.2. The fraction of sp³-hybridized carbons (Fsp3) is 0.211. The first-order valence-electron chi connectivity index (χ1n) is 8.80. The van der Waals surface area contributed by atoms with Crippen molar-refractivity contribution >= 4 is 38.1 Å². The van der Waals surface area contributed by atoms with E-state index in [-0.39, 0.29) is 22.5 Å². The molecule has 0 unspecified atom stereocenters. The van der Waals surface area contributed by atoms with Crippen LogP contribution in [0, 0.1) is 6.92 Å². The molecule has 0 fully saturated rings. The van der Waals surface area contributed by atoms with Crippen LogP contribution in [0.15, 0.2) is 53.4 Å². The van der Waals surface area contributed by atoms with Crippen LogP contribution < -0.4 is 14.8 Å². The fourth-order valence-electron chi connectivity index (χ4n) is 2.31. The maximum Gasteiger partial charge on any atom is 0.263 e. The van der Waals surface area contributed by atoms with E-state index >= 15 is 0 Å². The molecular weight excluding hydrogens is 412 g/mol. The van der Waals surface area contributed by atoms with Crippen LogP contribution in [0.2, 0.25) is 0 Å². The van der Waals surface area contributed by atoms with Gasteiger partial charge in [-0.15, -0.1) is 10.2 Å². The summed E-state index contributed by atoms with van der Waals surface area (Å²) in [6.07, 6.45) is 0.682. The molecule has 2 aromatic carbocycles. The molecule has 1 amide bonds. The van der Waals surface area contributed by atoms with E-state index in [0.717, 1.165) is 10.6 Å². The van der Waals surface area contributed by atoms with E-state index in [9.17, 15) is 13.2 Å². The van der Waals surface area contributed by atoms with Gasteiger partial charge < -0.3 is 10.1 Å². The number of aryl methyl sites for hydroxylation is 2. The second kappa shape index (κ2) is 9.01. The Morgan fingerprint density at radius 3 is 2.38 bits per heavy atom. The van der Waals surface area contributed by atoms with Gasteiger partial charge in [0.1, 0.15) is 10.8 Å². The molecule has 0 radical (unpaired) electrons. The van der Waals surface area contributed by atoms with Gasteiger partial charge in [-0.3, -0.25) is 9.52 Å². The van der Waals surface area contributed by atoms with Crippen molar-refractivity contribution in [3.63, 3.8) is 0 Å². The number of nitrogens with one attached hydrogen (secondary N) is 2. The largest absolute Gasteiger partial charge is 0.484 e. The number of carbonyl (C=O) groups excluding carboxylic acids is 1. The minimum absolute atomic E-state index is 0.0552. The Morgan fingerprint density at radius 2 is 1.76 bits per heavy atom. The van der Waals surface area contributed by atoms with Crippen LogP contribution in [0.1, 0.15) is 17.5 Å². The Labute approximate surface area is 173 Å². The summed E-state index contributed by atoms with van der Waals surface area (Å²) in [6, 6.07) is 13.2. The van der Waals surface area contributed by atoms with Crippen molar-refractivity contribution in [1.29, 1.82) is 0 Å². The van der Waals surface area contributed by atoms with E-state index in [1.807, 2.05) is 26.0 Å². The van der Waals surface area contributed by atoms with Crippen LogP contribution in [0.25, 0.3) is 0 Å². The standard InChI is InChI=1S/C19H20N4O4S2/c1-3-18-21-22-19(28-18)23-29(25,26)16-10-6-14(7-11-16)20-17(24)12-27-15-8-4-13(2)5-9-15/h4-11H,3,12H2,1-2H3,(H,20,24)(H,22,23). The highest BCUT2D eigenvalue weighted by molar-refractivity contribution is 7.93. The van der Waals surface area contributed by atoms with Crippen LogP contribution in [-0.2, 0) is 21.2 Å². The summed E-state index contributed by atoms with van der Waals surface area (Å²) in [5.41, 5.74) is 1.56. The molecule has 1 heterocycles. The lowest BCUT2D eigenvalue weighted by Gasteiger charge is -2.09. The molecule has 29 heavy (non-hydrogen) atoms. The summed E-state index contributed by atoms with van der Waals surface area (Å²) in [5, 5.41) is 11.3. The van der Waals surface area contributed by atoms with Gasteiger partial charge in [0.15, 0.2) is 6.61 Å². The molecule has 8 nitrogen and oxygen atoms in total. The van der Waals surface area contributed by atoms with E-state index in [4.69, 9.17) is 4.74 Å². The normalized spacial score (nSPS) is 11.1. The number of amides is 1. The zero-order valence-electron chi connectivity index (χ0n) is 15.9.